The van der Waals surface area contributed by atoms with Crippen LogP contribution < -0.4 is 10.5 Å². The van der Waals surface area contributed by atoms with Crippen LogP contribution in [0.25, 0.3) is 0 Å². The van der Waals surface area contributed by atoms with Gasteiger partial charge in [0.1, 0.15) is 9.20 Å². The summed E-state index contributed by atoms with van der Waals surface area (Å²) < 4.78 is 26.9. The zero-order chi connectivity index (χ0) is 13.8. The molecular formula is C11H18N2O2S3. The normalized spacial score (nSPS) is 11.9. The third kappa shape index (κ3) is 4.01. The van der Waals surface area contributed by atoms with Gasteiger partial charge in [0.05, 0.1) is 4.88 Å². The maximum Gasteiger partial charge on any atom is 0.250 e. The number of thiocarbonyl (C=S) groups is 1. The van der Waals surface area contributed by atoms with Gasteiger partial charge in [0.25, 0.3) is 0 Å². The zero-order valence-corrected chi connectivity index (χ0v) is 12.9. The molecule has 0 aliphatic heterocycles. The molecule has 3 N–H and O–H groups in total. The fourth-order valence-corrected chi connectivity index (χ4v) is 3.99. The van der Waals surface area contributed by atoms with E-state index in [2.05, 4.69) is 18.6 Å². The lowest BCUT2D eigenvalue weighted by Gasteiger charge is -2.12. The van der Waals surface area contributed by atoms with E-state index in [0.717, 1.165) is 24.2 Å². The summed E-state index contributed by atoms with van der Waals surface area (Å²) in [7, 11) is -3.43. The number of hydrogen-bond acceptors (Lipinski definition) is 4. The van der Waals surface area contributed by atoms with E-state index in [-0.39, 0.29) is 9.20 Å². The molecule has 0 atom stereocenters. The van der Waals surface area contributed by atoms with Crippen molar-refractivity contribution >= 4 is 38.6 Å². The van der Waals surface area contributed by atoms with Crippen molar-refractivity contribution in [3.63, 3.8) is 0 Å². The molecule has 4 nitrogen and oxygen atoms in total. The van der Waals surface area contributed by atoms with E-state index in [9.17, 15) is 8.42 Å². The van der Waals surface area contributed by atoms with Crippen LogP contribution >= 0.6 is 23.6 Å². The van der Waals surface area contributed by atoms with Crippen LogP contribution in [-0.4, -0.2) is 20.0 Å². The predicted molar refractivity (Wildman–Crippen MR) is 79.5 cm³/mol. The van der Waals surface area contributed by atoms with Crippen LogP contribution in [0, 0.1) is 5.92 Å². The monoisotopic (exact) mass is 306 g/mol. The summed E-state index contributed by atoms with van der Waals surface area (Å²) in [6, 6.07) is 3.17. The van der Waals surface area contributed by atoms with Gasteiger partial charge in [0.15, 0.2) is 0 Å². The molecule has 1 aromatic rings. The van der Waals surface area contributed by atoms with Crippen molar-refractivity contribution in [3.05, 3.63) is 17.0 Å². The minimum atomic E-state index is -3.43. The van der Waals surface area contributed by atoms with Crippen LogP contribution in [0.15, 0.2) is 16.3 Å². The van der Waals surface area contributed by atoms with Crippen molar-refractivity contribution in [3.8, 4) is 0 Å². The minimum absolute atomic E-state index is 0.224. The Balaban J connectivity index is 2.76. The maximum absolute atomic E-state index is 12.0. The highest BCUT2D eigenvalue weighted by atomic mass is 32.2. The molecule has 1 rings (SSSR count). The molecule has 0 saturated heterocycles. The molecule has 1 aromatic heterocycles. The lowest BCUT2D eigenvalue weighted by Crippen LogP contribution is -2.28. The number of rotatable bonds is 7. The average molecular weight is 306 g/mol. The first kappa shape index (κ1) is 15.6. The number of thiophene rings is 1. The lowest BCUT2D eigenvalue weighted by molar-refractivity contribution is 0.479. The molecule has 0 radical (unpaired) electrons. The SMILES string of the molecule is CCC(CC)CNS(=O)(=O)c1ccc(C(N)=S)s1. The first-order chi connectivity index (χ1) is 8.40. The second-order valence-corrected chi connectivity index (χ2v) is 7.53. The van der Waals surface area contributed by atoms with Crippen molar-refractivity contribution in [2.24, 2.45) is 11.7 Å². The molecular weight excluding hydrogens is 288 g/mol. The van der Waals surface area contributed by atoms with Crippen molar-refractivity contribution in [2.75, 3.05) is 6.54 Å². The Morgan fingerprint density at radius 1 is 1.44 bits per heavy atom. The molecule has 0 unspecified atom stereocenters. The predicted octanol–water partition coefficient (Wildman–Crippen LogP) is 2.10. The van der Waals surface area contributed by atoms with E-state index in [1.807, 2.05) is 0 Å². The second kappa shape index (κ2) is 6.60. The molecule has 0 bridgehead atoms. The van der Waals surface area contributed by atoms with Crippen LogP contribution in [-0.2, 0) is 10.0 Å². The van der Waals surface area contributed by atoms with E-state index in [0.29, 0.717) is 17.3 Å². The largest absolute Gasteiger partial charge is 0.389 e. The molecule has 7 heteroatoms. The maximum atomic E-state index is 12.0. The summed E-state index contributed by atoms with van der Waals surface area (Å²) in [5, 5.41) is 0. The summed E-state index contributed by atoms with van der Waals surface area (Å²) in [4.78, 5) is 0.842. The molecule has 0 aliphatic carbocycles. The van der Waals surface area contributed by atoms with Gasteiger partial charge in [0, 0.05) is 6.54 Å². The van der Waals surface area contributed by atoms with Crippen LogP contribution in [0.2, 0.25) is 0 Å². The summed E-state index contributed by atoms with van der Waals surface area (Å²) in [6.07, 6.45) is 1.92. The lowest BCUT2D eigenvalue weighted by atomic mass is 10.0. The molecule has 1 heterocycles. The number of sulfonamides is 1. The Hall–Kier alpha value is -0.500. The highest BCUT2D eigenvalue weighted by Gasteiger charge is 2.18. The van der Waals surface area contributed by atoms with Gasteiger partial charge in [0.2, 0.25) is 10.0 Å². The first-order valence-electron chi connectivity index (χ1n) is 5.80. The van der Waals surface area contributed by atoms with E-state index in [1.165, 1.54) is 6.07 Å². The van der Waals surface area contributed by atoms with Gasteiger partial charge in [-0.25, -0.2) is 13.1 Å². The van der Waals surface area contributed by atoms with Gasteiger partial charge in [-0.3, -0.25) is 0 Å². The highest BCUT2D eigenvalue weighted by Crippen LogP contribution is 2.21. The quantitative estimate of drug-likeness (QED) is 0.757. The summed E-state index contributed by atoms with van der Waals surface area (Å²) >= 11 is 5.91. The molecule has 18 heavy (non-hydrogen) atoms. The Morgan fingerprint density at radius 2 is 2.06 bits per heavy atom. The summed E-state index contributed by atoms with van der Waals surface area (Å²) in [6.45, 7) is 4.58. The molecule has 102 valence electrons. The van der Waals surface area contributed by atoms with Crippen molar-refractivity contribution in [2.45, 2.75) is 30.9 Å². The fourth-order valence-electron chi connectivity index (χ4n) is 1.47. The molecule has 0 saturated carbocycles. The van der Waals surface area contributed by atoms with E-state index in [4.69, 9.17) is 18.0 Å². The minimum Gasteiger partial charge on any atom is -0.389 e. The summed E-state index contributed by atoms with van der Waals surface area (Å²) in [5.41, 5.74) is 5.46. The van der Waals surface area contributed by atoms with Gasteiger partial charge < -0.3 is 5.73 Å². The van der Waals surface area contributed by atoms with Crippen LogP contribution in [0.3, 0.4) is 0 Å². The topological polar surface area (TPSA) is 72.2 Å². The Morgan fingerprint density at radius 3 is 2.50 bits per heavy atom. The van der Waals surface area contributed by atoms with Crippen LogP contribution in [0.4, 0.5) is 0 Å². The number of hydrogen-bond donors (Lipinski definition) is 2. The summed E-state index contributed by atoms with van der Waals surface area (Å²) in [5.74, 6) is 0.370. The molecule has 0 amide bonds. The standard InChI is InChI=1S/C11H18N2O2S3/c1-3-8(4-2)7-13-18(14,15)10-6-5-9(17-10)11(12)16/h5-6,8,13H,3-4,7H2,1-2H3,(H2,12,16). The second-order valence-electron chi connectivity index (χ2n) is 4.02. The van der Waals surface area contributed by atoms with Gasteiger partial charge in [-0.1, -0.05) is 38.9 Å². The number of nitrogens with one attached hydrogen (secondary N) is 1. The van der Waals surface area contributed by atoms with Gasteiger partial charge in [-0.15, -0.1) is 11.3 Å². The van der Waals surface area contributed by atoms with Crippen LogP contribution in [0.5, 0.6) is 0 Å². The molecule has 0 aliphatic rings. The Labute approximate surface area is 118 Å². The fraction of sp³-hybridized carbons (Fsp3) is 0.545. The zero-order valence-electron chi connectivity index (χ0n) is 10.5. The highest BCUT2D eigenvalue weighted by molar-refractivity contribution is 7.91. The van der Waals surface area contributed by atoms with Crippen molar-refractivity contribution in [1.82, 2.24) is 4.72 Å². The van der Waals surface area contributed by atoms with Gasteiger partial charge in [-0.05, 0) is 18.1 Å². The molecule has 0 spiro atoms. The smallest absolute Gasteiger partial charge is 0.250 e. The Bertz CT molecular complexity index is 504. The number of nitrogens with two attached hydrogens (primary N) is 1. The third-order valence-corrected chi connectivity index (χ3v) is 6.19. The van der Waals surface area contributed by atoms with Gasteiger partial charge in [-0.2, -0.15) is 0 Å². The van der Waals surface area contributed by atoms with E-state index in [1.54, 1.807) is 6.07 Å². The third-order valence-electron chi connectivity index (χ3n) is 2.81. The van der Waals surface area contributed by atoms with Gasteiger partial charge >= 0.3 is 0 Å². The van der Waals surface area contributed by atoms with E-state index >= 15 is 0 Å². The molecule has 0 aromatic carbocycles. The van der Waals surface area contributed by atoms with Crippen LogP contribution in [0.1, 0.15) is 31.6 Å². The Kier molecular flexibility index (Phi) is 5.71. The van der Waals surface area contributed by atoms with E-state index < -0.39 is 10.0 Å². The average Bonchev–Trinajstić information content (AvgIpc) is 2.80. The van der Waals surface area contributed by atoms with Crippen molar-refractivity contribution in [1.29, 1.82) is 0 Å². The first-order valence-corrected chi connectivity index (χ1v) is 8.50. The van der Waals surface area contributed by atoms with Crippen molar-refractivity contribution < 1.29 is 8.42 Å². The molecule has 0 fully saturated rings.